The first kappa shape index (κ1) is 15.3. The summed E-state index contributed by atoms with van der Waals surface area (Å²) in [6.45, 7) is 1.65. The van der Waals surface area contributed by atoms with Crippen LogP contribution in [0.3, 0.4) is 0 Å². The monoisotopic (exact) mass is 302 g/mol. The standard InChI is InChI=1S/C18H26N2O2/c21-13-14-6-5-11-20(12-14)18(22)19-17(16-9-4-10-16)15-7-2-1-3-8-15/h1-3,7-8,14,16-17,21H,4-6,9-13H2,(H,19,22)/t14-,17+/m1/s1. The van der Waals surface area contributed by atoms with E-state index in [1.807, 2.05) is 23.1 Å². The Balaban J connectivity index is 1.66. The second-order valence-electron chi connectivity index (χ2n) is 6.67. The third-order valence-electron chi connectivity index (χ3n) is 5.12. The van der Waals surface area contributed by atoms with Gasteiger partial charge < -0.3 is 15.3 Å². The van der Waals surface area contributed by atoms with Gasteiger partial charge in [0.05, 0.1) is 6.04 Å². The minimum Gasteiger partial charge on any atom is -0.396 e. The second-order valence-corrected chi connectivity index (χ2v) is 6.67. The van der Waals surface area contributed by atoms with Crippen LogP contribution in [0.4, 0.5) is 4.79 Å². The summed E-state index contributed by atoms with van der Waals surface area (Å²) in [6, 6.07) is 10.5. The number of nitrogens with zero attached hydrogens (tertiary/aromatic N) is 1. The molecular weight excluding hydrogens is 276 g/mol. The smallest absolute Gasteiger partial charge is 0.317 e. The van der Waals surface area contributed by atoms with Crippen molar-refractivity contribution in [3.63, 3.8) is 0 Å². The third-order valence-corrected chi connectivity index (χ3v) is 5.12. The molecule has 1 saturated heterocycles. The van der Waals surface area contributed by atoms with Crippen molar-refractivity contribution >= 4 is 6.03 Å². The second kappa shape index (κ2) is 7.14. The van der Waals surface area contributed by atoms with Gasteiger partial charge in [0.15, 0.2) is 0 Å². The number of nitrogens with one attached hydrogen (secondary N) is 1. The van der Waals surface area contributed by atoms with Crippen LogP contribution in [-0.2, 0) is 0 Å². The molecule has 120 valence electrons. The highest BCUT2D eigenvalue weighted by Gasteiger charge is 2.31. The molecule has 22 heavy (non-hydrogen) atoms. The largest absolute Gasteiger partial charge is 0.396 e. The molecule has 2 atom stereocenters. The van der Waals surface area contributed by atoms with Crippen LogP contribution in [0.15, 0.2) is 30.3 Å². The molecule has 0 spiro atoms. The number of aliphatic hydroxyl groups is 1. The molecule has 0 aromatic heterocycles. The number of urea groups is 1. The zero-order valence-corrected chi connectivity index (χ0v) is 13.1. The lowest BCUT2D eigenvalue weighted by Gasteiger charge is -2.38. The molecule has 1 saturated carbocycles. The molecule has 1 aliphatic carbocycles. The molecule has 0 radical (unpaired) electrons. The van der Waals surface area contributed by atoms with Crippen LogP contribution in [-0.4, -0.2) is 35.7 Å². The predicted molar refractivity (Wildman–Crippen MR) is 86.4 cm³/mol. The van der Waals surface area contributed by atoms with Gasteiger partial charge in [-0.1, -0.05) is 36.8 Å². The van der Waals surface area contributed by atoms with E-state index in [-0.39, 0.29) is 24.6 Å². The molecule has 4 nitrogen and oxygen atoms in total. The van der Waals surface area contributed by atoms with E-state index in [0.717, 1.165) is 19.4 Å². The average Bonchev–Trinajstić information content (AvgIpc) is 2.53. The van der Waals surface area contributed by atoms with E-state index in [4.69, 9.17) is 0 Å². The molecule has 2 N–H and O–H groups in total. The number of carbonyl (C=O) groups excluding carboxylic acids is 1. The lowest BCUT2D eigenvalue weighted by Crippen LogP contribution is -2.48. The lowest BCUT2D eigenvalue weighted by molar-refractivity contribution is 0.123. The number of hydrogen-bond acceptors (Lipinski definition) is 2. The van der Waals surface area contributed by atoms with E-state index < -0.39 is 0 Å². The number of piperidine rings is 1. The Kier molecular flexibility index (Phi) is 4.98. The first-order valence-corrected chi connectivity index (χ1v) is 8.49. The van der Waals surface area contributed by atoms with Crippen molar-refractivity contribution in [1.29, 1.82) is 0 Å². The molecule has 1 aromatic carbocycles. The Morgan fingerprint density at radius 2 is 2.00 bits per heavy atom. The van der Waals surface area contributed by atoms with Crippen molar-refractivity contribution in [2.75, 3.05) is 19.7 Å². The minimum atomic E-state index is 0.0268. The van der Waals surface area contributed by atoms with Gasteiger partial charge in [-0.25, -0.2) is 4.79 Å². The van der Waals surface area contributed by atoms with Crippen molar-refractivity contribution < 1.29 is 9.90 Å². The quantitative estimate of drug-likeness (QED) is 0.898. The van der Waals surface area contributed by atoms with E-state index >= 15 is 0 Å². The van der Waals surface area contributed by atoms with Gasteiger partial charge in [0.1, 0.15) is 0 Å². The van der Waals surface area contributed by atoms with Crippen LogP contribution in [0.5, 0.6) is 0 Å². The van der Waals surface area contributed by atoms with Crippen molar-refractivity contribution in [1.82, 2.24) is 10.2 Å². The average molecular weight is 302 g/mol. The molecule has 1 aliphatic heterocycles. The van der Waals surface area contributed by atoms with E-state index in [1.165, 1.54) is 24.8 Å². The van der Waals surface area contributed by atoms with Gasteiger partial charge in [-0.05, 0) is 43.1 Å². The first-order valence-electron chi connectivity index (χ1n) is 8.49. The Labute approximate surface area is 132 Å². The van der Waals surface area contributed by atoms with Crippen LogP contribution in [0.1, 0.15) is 43.7 Å². The molecule has 0 bridgehead atoms. The topological polar surface area (TPSA) is 52.6 Å². The molecule has 1 aromatic rings. The van der Waals surface area contributed by atoms with Gasteiger partial charge in [0, 0.05) is 19.7 Å². The van der Waals surface area contributed by atoms with Crippen LogP contribution < -0.4 is 5.32 Å². The molecule has 3 rings (SSSR count). The maximum absolute atomic E-state index is 12.6. The highest BCUT2D eigenvalue weighted by Crippen LogP contribution is 2.37. The first-order chi connectivity index (χ1) is 10.8. The number of rotatable bonds is 4. The number of likely N-dealkylation sites (tertiary alicyclic amines) is 1. The maximum Gasteiger partial charge on any atom is 0.317 e. The third kappa shape index (κ3) is 3.43. The van der Waals surface area contributed by atoms with Gasteiger partial charge >= 0.3 is 6.03 Å². The number of hydrogen-bond donors (Lipinski definition) is 2. The minimum absolute atomic E-state index is 0.0268. The fourth-order valence-corrected chi connectivity index (χ4v) is 3.53. The van der Waals surface area contributed by atoms with Crippen molar-refractivity contribution in [2.24, 2.45) is 11.8 Å². The zero-order valence-electron chi connectivity index (χ0n) is 13.1. The van der Waals surface area contributed by atoms with Crippen LogP contribution >= 0.6 is 0 Å². The summed E-state index contributed by atoms with van der Waals surface area (Å²) in [5.74, 6) is 0.795. The summed E-state index contributed by atoms with van der Waals surface area (Å²) < 4.78 is 0. The highest BCUT2D eigenvalue weighted by molar-refractivity contribution is 5.75. The highest BCUT2D eigenvalue weighted by atomic mass is 16.3. The number of aliphatic hydroxyl groups excluding tert-OH is 1. The fraction of sp³-hybridized carbons (Fsp3) is 0.611. The Morgan fingerprint density at radius 3 is 2.64 bits per heavy atom. The van der Waals surface area contributed by atoms with Crippen LogP contribution in [0.25, 0.3) is 0 Å². The van der Waals surface area contributed by atoms with Gasteiger partial charge in [0.2, 0.25) is 0 Å². The number of amides is 2. The molecule has 0 unspecified atom stereocenters. The molecular formula is C18H26N2O2. The Bertz CT molecular complexity index is 487. The van der Waals surface area contributed by atoms with Crippen molar-refractivity contribution in [3.05, 3.63) is 35.9 Å². The van der Waals surface area contributed by atoms with E-state index in [1.54, 1.807) is 0 Å². The number of benzene rings is 1. The van der Waals surface area contributed by atoms with Gasteiger partial charge in [-0.2, -0.15) is 0 Å². The summed E-state index contributed by atoms with van der Waals surface area (Å²) in [5, 5.41) is 12.6. The van der Waals surface area contributed by atoms with Gasteiger partial charge in [-0.15, -0.1) is 0 Å². The SMILES string of the molecule is O=C(N[C@@H](c1ccccc1)C1CCC1)N1CCC[C@@H](CO)C1. The molecule has 2 fully saturated rings. The summed E-state index contributed by atoms with van der Waals surface area (Å²) in [7, 11) is 0. The normalized spacial score (nSPS) is 23.7. The van der Waals surface area contributed by atoms with Crippen molar-refractivity contribution in [2.45, 2.75) is 38.1 Å². The predicted octanol–water partition coefficient (Wildman–Crippen LogP) is 2.94. The molecule has 4 heteroatoms. The zero-order chi connectivity index (χ0) is 15.4. The Morgan fingerprint density at radius 1 is 1.23 bits per heavy atom. The van der Waals surface area contributed by atoms with E-state index in [2.05, 4.69) is 17.4 Å². The number of carbonyl (C=O) groups is 1. The van der Waals surface area contributed by atoms with E-state index in [9.17, 15) is 9.90 Å². The molecule has 1 heterocycles. The summed E-state index contributed by atoms with van der Waals surface area (Å²) >= 11 is 0. The van der Waals surface area contributed by atoms with Crippen LogP contribution in [0.2, 0.25) is 0 Å². The molecule has 2 aliphatic rings. The van der Waals surface area contributed by atoms with Gasteiger partial charge in [-0.3, -0.25) is 0 Å². The molecule has 2 amide bonds. The van der Waals surface area contributed by atoms with Crippen LogP contribution in [0, 0.1) is 11.8 Å². The maximum atomic E-state index is 12.6. The van der Waals surface area contributed by atoms with Crippen molar-refractivity contribution in [3.8, 4) is 0 Å². The van der Waals surface area contributed by atoms with E-state index in [0.29, 0.717) is 12.5 Å². The lowest BCUT2D eigenvalue weighted by atomic mass is 9.77. The summed E-state index contributed by atoms with van der Waals surface area (Å²) in [6.07, 6.45) is 5.65. The van der Waals surface area contributed by atoms with Gasteiger partial charge in [0.25, 0.3) is 0 Å². The summed E-state index contributed by atoms with van der Waals surface area (Å²) in [4.78, 5) is 14.5. The fourth-order valence-electron chi connectivity index (χ4n) is 3.53. The Hall–Kier alpha value is -1.55. The summed E-state index contributed by atoms with van der Waals surface area (Å²) in [5.41, 5.74) is 1.20.